The van der Waals surface area contributed by atoms with Gasteiger partial charge in [-0.1, -0.05) is 71.9 Å². The van der Waals surface area contributed by atoms with Gasteiger partial charge in [-0.25, -0.2) is 0 Å². The van der Waals surface area contributed by atoms with Crippen molar-refractivity contribution in [3.63, 3.8) is 0 Å². The molecule has 0 bridgehead atoms. The predicted molar refractivity (Wildman–Crippen MR) is 135 cm³/mol. The summed E-state index contributed by atoms with van der Waals surface area (Å²) in [6.07, 6.45) is 1.86. The first-order valence-corrected chi connectivity index (χ1v) is 11.4. The Kier molecular flexibility index (Phi) is 5.43. The number of nitrogens with zero attached hydrogens (tertiary/aromatic N) is 1. The van der Waals surface area contributed by atoms with E-state index in [1.54, 1.807) is 24.3 Å². The number of amides is 2. The van der Waals surface area contributed by atoms with E-state index in [-0.39, 0.29) is 10.2 Å². The van der Waals surface area contributed by atoms with Crippen molar-refractivity contribution in [1.82, 2.24) is 10.4 Å². The fourth-order valence-electron chi connectivity index (χ4n) is 3.67. The van der Waals surface area contributed by atoms with Gasteiger partial charge < -0.3 is 0 Å². The Balaban J connectivity index is 1.52. The minimum atomic E-state index is -0.435. The molecule has 1 saturated heterocycles. The van der Waals surface area contributed by atoms with Crippen LogP contribution in [-0.2, 0) is 4.79 Å². The quantitative estimate of drug-likeness (QED) is 0.218. The van der Waals surface area contributed by atoms with Crippen LogP contribution in [0.2, 0.25) is 5.02 Å². The number of hydrogen-bond acceptors (Lipinski definition) is 4. The number of nitrogens with one attached hydrogen (secondary N) is 1. The summed E-state index contributed by atoms with van der Waals surface area (Å²) in [5.74, 6) is -0.797. The molecule has 156 valence electrons. The van der Waals surface area contributed by atoms with Gasteiger partial charge in [-0.3, -0.25) is 15.0 Å². The lowest BCUT2D eigenvalue weighted by Gasteiger charge is -2.15. The lowest BCUT2D eigenvalue weighted by Crippen LogP contribution is -2.44. The molecule has 0 radical (unpaired) electrons. The molecule has 4 aromatic rings. The number of hydrogen-bond donors (Lipinski definition) is 1. The zero-order chi connectivity index (χ0) is 22.2. The van der Waals surface area contributed by atoms with Crippen LogP contribution in [-0.4, -0.2) is 21.1 Å². The van der Waals surface area contributed by atoms with Crippen molar-refractivity contribution >= 4 is 79.3 Å². The lowest BCUT2D eigenvalue weighted by atomic mass is 9.96. The zero-order valence-electron chi connectivity index (χ0n) is 16.5. The molecule has 1 aliphatic rings. The molecule has 4 nitrogen and oxygen atoms in total. The molecule has 1 aliphatic heterocycles. The summed E-state index contributed by atoms with van der Waals surface area (Å²) < 4.78 is 0.271. The highest BCUT2D eigenvalue weighted by atomic mass is 35.5. The molecule has 1 heterocycles. The molecular formula is C25H15ClN2O2S2. The first-order valence-electron chi connectivity index (χ1n) is 9.76. The van der Waals surface area contributed by atoms with Crippen LogP contribution in [0.3, 0.4) is 0 Å². The molecule has 0 saturated carbocycles. The predicted octanol–water partition coefficient (Wildman–Crippen LogP) is 6.19. The summed E-state index contributed by atoms with van der Waals surface area (Å²) in [5, 5.41) is 5.91. The third kappa shape index (κ3) is 3.77. The lowest BCUT2D eigenvalue weighted by molar-refractivity contribution is -0.123. The molecule has 0 aromatic heterocycles. The average molecular weight is 475 g/mol. The summed E-state index contributed by atoms with van der Waals surface area (Å²) >= 11 is 12.4. The summed E-state index contributed by atoms with van der Waals surface area (Å²) in [6, 6.07) is 24.7. The SMILES string of the molecule is O=C(NN1C(=O)/C(=C\c2c3ccccc3cc3ccccc23)SC1=S)c1ccc(Cl)cc1. The van der Waals surface area contributed by atoms with Gasteiger partial charge in [0.1, 0.15) is 0 Å². The molecule has 1 N–H and O–H groups in total. The van der Waals surface area contributed by atoms with Crippen molar-refractivity contribution < 1.29 is 9.59 Å². The van der Waals surface area contributed by atoms with Crippen molar-refractivity contribution in [2.45, 2.75) is 0 Å². The summed E-state index contributed by atoms with van der Waals surface area (Å²) in [5.41, 5.74) is 3.93. The Hall–Kier alpha value is -3.19. The summed E-state index contributed by atoms with van der Waals surface area (Å²) in [7, 11) is 0. The molecule has 32 heavy (non-hydrogen) atoms. The van der Waals surface area contributed by atoms with E-state index >= 15 is 0 Å². The Morgan fingerprint density at radius 2 is 1.53 bits per heavy atom. The second-order valence-electron chi connectivity index (χ2n) is 7.20. The normalized spacial score (nSPS) is 15.2. The topological polar surface area (TPSA) is 49.4 Å². The smallest absolute Gasteiger partial charge is 0.267 e. The first kappa shape index (κ1) is 20.7. The Bertz CT molecular complexity index is 1390. The molecule has 1 fully saturated rings. The van der Waals surface area contributed by atoms with Crippen LogP contribution < -0.4 is 5.43 Å². The number of carbonyl (C=O) groups excluding carboxylic acids is 2. The fraction of sp³-hybridized carbons (Fsp3) is 0. The van der Waals surface area contributed by atoms with Crippen molar-refractivity contribution in [2.24, 2.45) is 0 Å². The molecule has 0 atom stereocenters. The molecular weight excluding hydrogens is 460 g/mol. The van der Waals surface area contributed by atoms with E-state index in [1.807, 2.05) is 42.5 Å². The van der Waals surface area contributed by atoms with Crippen molar-refractivity contribution in [1.29, 1.82) is 0 Å². The zero-order valence-corrected chi connectivity index (χ0v) is 18.9. The van der Waals surface area contributed by atoms with Crippen LogP contribution in [0, 0.1) is 0 Å². The van der Waals surface area contributed by atoms with Crippen molar-refractivity contribution in [3.8, 4) is 0 Å². The van der Waals surface area contributed by atoms with E-state index in [4.69, 9.17) is 23.8 Å². The number of fused-ring (bicyclic) bond motifs is 2. The highest BCUT2D eigenvalue weighted by molar-refractivity contribution is 8.26. The van der Waals surface area contributed by atoms with Crippen LogP contribution in [0.1, 0.15) is 15.9 Å². The number of rotatable bonds is 3. The average Bonchev–Trinajstić information content (AvgIpc) is 3.06. The van der Waals surface area contributed by atoms with Gasteiger partial charge in [0.25, 0.3) is 11.8 Å². The van der Waals surface area contributed by atoms with E-state index in [2.05, 4.69) is 23.6 Å². The second-order valence-corrected chi connectivity index (χ2v) is 9.31. The minimum absolute atomic E-state index is 0.271. The standard InChI is InChI=1S/C25H15ClN2O2S2/c26-18-11-9-15(10-12-18)23(29)27-28-24(30)22(32-25(28)31)14-21-19-7-3-1-5-16(19)13-17-6-2-4-8-20(17)21/h1-14H,(H,27,29)/b22-14+. The maximum atomic E-state index is 13.1. The van der Waals surface area contributed by atoms with E-state index in [0.717, 1.165) is 32.1 Å². The number of benzene rings is 4. The summed E-state index contributed by atoms with van der Waals surface area (Å²) in [6.45, 7) is 0. The third-order valence-electron chi connectivity index (χ3n) is 5.20. The molecule has 5 rings (SSSR count). The monoisotopic (exact) mass is 474 g/mol. The van der Waals surface area contributed by atoms with Crippen LogP contribution >= 0.6 is 35.6 Å². The molecule has 4 aromatic carbocycles. The maximum absolute atomic E-state index is 13.1. The fourth-order valence-corrected chi connectivity index (χ4v) is 4.95. The van der Waals surface area contributed by atoms with Gasteiger partial charge in [-0.15, -0.1) is 0 Å². The van der Waals surface area contributed by atoms with Crippen LogP contribution in [0.5, 0.6) is 0 Å². The molecule has 7 heteroatoms. The van der Waals surface area contributed by atoms with Crippen molar-refractivity contribution in [3.05, 3.63) is 99.9 Å². The second kappa shape index (κ2) is 8.39. The van der Waals surface area contributed by atoms with E-state index in [0.29, 0.717) is 15.5 Å². The maximum Gasteiger partial charge on any atom is 0.285 e. The van der Waals surface area contributed by atoms with Gasteiger partial charge in [0.05, 0.1) is 4.91 Å². The number of thioether (sulfide) groups is 1. The van der Waals surface area contributed by atoms with Gasteiger partial charge in [-0.2, -0.15) is 5.01 Å². The number of thiocarbonyl (C=S) groups is 1. The summed E-state index contributed by atoms with van der Waals surface area (Å²) in [4.78, 5) is 26.2. The van der Waals surface area contributed by atoms with E-state index in [9.17, 15) is 9.59 Å². The molecule has 2 amide bonds. The van der Waals surface area contributed by atoms with Gasteiger partial charge >= 0.3 is 0 Å². The number of carbonyl (C=O) groups is 2. The molecule has 0 unspecified atom stereocenters. The third-order valence-corrected chi connectivity index (χ3v) is 6.76. The molecule has 0 aliphatic carbocycles. The van der Waals surface area contributed by atoms with E-state index < -0.39 is 5.91 Å². The minimum Gasteiger partial charge on any atom is -0.267 e. The van der Waals surface area contributed by atoms with Crippen molar-refractivity contribution in [2.75, 3.05) is 0 Å². The Morgan fingerprint density at radius 1 is 0.938 bits per heavy atom. The van der Waals surface area contributed by atoms with Crippen LogP contribution in [0.4, 0.5) is 0 Å². The van der Waals surface area contributed by atoms with Gasteiger partial charge in [0, 0.05) is 10.6 Å². The van der Waals surface area contributed by atoms with Crippen LogP contribution in [0.25, 0.3) is 27.6 Å². The van der Waals surface area contributed by atoms with Gasteiger partial charge in [0.15, 0.2) is 4.32 Å². The number of halogens is 1. The Labute approximate surface area is 198 Å². The first-order chi connectivity index (χ1) is 15.5. The van der Waals surface area contributed by atoms with Gasteiger partial charge in [0.2, 0.25) is 0 Å². The number of hydrazine groups is 1. The largest absolute Gasteiger partial charge is 0.285 e. The highest BCUT2D eigenvalue weighted by Crippen LogP contribution is 2.36. The van der Waals surface area contributed by atoms with Gasteiger partial charge in [-0.05, 0) is 75.7 Å². The Morgan fingerprint density at radius 3 is 2.16 bits per heavy atom. The van der Waals surface area contributed by atoms with Crippen LogP contribution in [0.15, 0.2) is 83.8 Å². The van der Waals surface area contributed by atoms with E-state index in [1.165, 1.54) is 11.8 Å². The molecule has 0 spiro atoms. The highest BCUT2D eigenvalue weighted by Gasteiger charge is 2.34.